The second-order valence-corrected chi connectivity index (χ2v) is 8.29. The molecule has 6 heteroatoms. The second kappa shape index (κ2) is 5.60. The fourth-order valence-electron chi connectivity index (χ4n) is 4.36. The third kappa shape index (κ3) is 2.11. The van der Waals surface area contributed by atoms with E-state index in [1.54, 1.807) is 0 Å². The van der Waals surface area contributed by atoms with Crippen molar-refractivity contribution >= 4 is 34.8 Å². The van der Waals surface area contributed by atoms with Gasteiger partial charge in [-0.15, -0.1) is 0 Å². The van der Waals surface area contributed by atoms with Crippen molar-refractivity contribution in [3.8, 4) is 11.1 Å². The lowest BCUT2D eigenvalue weighted by atomic mass is 9.84. The number of H-pyrrole nitrogens is 1. The van der Waals surface area contributed by atoms with Gasteiger partial charge in [0.15, 0.2) is 0 Å². The van der Waals surface area contributed by atoms with E-state index in [4.69, 9.17) is 23.2 Å². The Kier molecular flexibility index (Phi) is 3.49. The largest absolute Gasteiger partial charge is 0.294 e. The minimum absolute atomic E-state index is 0.0679. The van der Waals surface area contributed by atoms with Crippen LogP contribution in [-0.4, -0.2) is 16.1 Å². The average Bonchev–Trinajstić information content (AvgIpc) is 3.17. The number of amides is 1. The number of benzene rings is 2. The molecule has 27 heavy (non-hydrogen) atoms. The smallest absolute Gasteiger partial charge is 0.277 e. The number of anilines is 1. The molecule has 0 saturated carbocycles. The van der Waals surface area contributed by atoms with Crippen molar-refractivity contribution in [3.63, 3.8) is 0 Å². The van der Waals surface area contributed by atoms with Crippen molar-refractivity contribution in [2.75, 3.05) is 4.90 Å². The first kappa shape index (κ1) is 16.8. The van der Waals surface area contributed by atoms with E-state index in [0.29, 0.717) is 15.7 Å². The van der Waals surface area contributed by atoms with Crippen LogP contribution < -0.4 is 4.90 Å². The molecule has 3 aromatic rings. The monoisotopic (exact) mass is 397 g/mol. The number of aryl methyl sites for hydroxylation is 1. The van der Waals surface area contributed by atoms with E-state index in [1.807, 2.05) is 42.2 Å². The summed E-state index contributed by atoms with van der Waals surface area (Å²) in [5.74, 6) is 0.136. The normalized spacial score (nSPS) is 17.0. The highest BCUT2D eigenvalue weighted by atomic mass is 35.5. The lowest BCUT2D eigenvalue weighted by molar-refractivity contribution is 0.0988. The molecular weight excluding hydrogens is 381 g/mol. The molecule has 0 bridgehead atoms. The maximum absolute atomic E-state index is 13.4. The van der Waals surface area contributed by atoms with Crippen LogP contribution in [-0.2, 0) is 0 Å². The highest BCUT2D eigenvalue weighted by Crippen LogP contribution is 2.55. The number of hydrogen-bond donors (Lipinski definition) is 1. The molecule has 0 fully saturated rings. The van der Waals surface area contributed by atoms with Gasteiger partial charge in [-0.3, -0.25) is 14.8 Å². The molecule has 2 aliphatic rings. The molecule has 0 radical (unpaired) electrons. The molecule has 1 amide bonds. The number of nitrogens with one attached hydrogen (secondary N) is 1. The first-order chi connectivity index (χ1) is 12.9. The fourth-order valence-corrected chi connectivity index (χ4v) is 4.78. The van der Waals surface area contributed by atoms with Crippen LogP contribution in [0, 0.1) is 6.92 Å². The van der Waals surface area contributed by atoms with Gasteiger partial charge in [-0.1, -0.05) is 49.2 Å². The van der Waals surface area contributed by atoms with Gasteiger partial charge < -0.3 is 0 Å². The van der Waals surface area contributed by atoms with Gasteiger partial charge in [0.05, 0.1) is 22.4 Å². The second-order valence-electron chi connectivity index (χ2n) is 7.45. The van der Waals surface area contributed by atoms with E-state index in [0.717, 1.165) is 39.2 Å². The van der Waals surface area contributed by atoms with Gasteiger partial charge in [-0.2, -0.15) is 5.10 Å². The summed E-state index contributed by atoms with van der Waals surface area (Å²) in [7, 11) is 0. The first-order valence-corrected chi connectivity index (χ1v) is 9.66. The van der Waals surface area contributed by atoms with Gasteiger partial charge >= 0.3 is 0 Å². The Labute approximate surface area is 167 Å². The van der Waals surface area contributed by atoms with E-state index in [-0.39, 0.29) is 17.9 Å². The zero-order valence-electron chi connectivity index (χ0n) is 15.1. The molecule has 1 N–H and O–H groups in total. The number of carbonyl (C=O) groups is 1. The molecule has 1 aromatic heterocycles. The molecule has 136 valence electrons. The van der Waals surface area contributed by atoms with Crippen LogP contribution >= 0.6 is 23.2 Å². The van der Waals surface area contributed by atoms with Crippen LogP contribution in [0.3, 0.4) is 0 Å². The van der Waals surface area contributed by atoms with Gasteiger partial charge in [0, 0.05) is 16.1 Å². The molecule has 2 aromatic carbocycles. The number of hydrogen-bond acceptors (Lipinski definition) is 2. The van der Waals surface area contributed by atoms with Gasteiger partial charge in [0.2, 0.25) is 0 Å². The first-order valence-electron chi connectivity index (χ1n) is 8.90. The molecular formula is C21H17Cl2N3O. The molecule has 0 spiro atoms. The number of aromatic nitrogens is 2. The molecule has 1 unspecified atom stereocenters. The Morgan fingerprint density at radius 2 is 1.96 bits per heavy atom. The number of rotatable bonds is 1. The predicted octanol–water partition coefficient (Wildman–Crippen LogP) is 5.88. The standard InChI is InChI=1S/C21H17Cl2N3O/c1-9(2)17-16-18(25-24-17)21(27)26-19-10(3)4-7-14(23)15(19)13-8-11(22)5-6-12(13)20(16)26/h4-9,20H,1-3H3,(H,24,25). The molecule has 5 rings (SSSR count). The summed E-state index contributed by atoms with van der Waals surface area (Å²) < 4.78 is 0. The lowest BCUT2D eigenvalue weighted by Crippen LogP contribution is -2.33. The highest BCUT2D eigenvalue weighted by molar-refractivity contribution is 6.35. The van der Waals surface area contributed by atoms with E-state index >= 15 is 0 Å². The van der Waals surface area contributed by atoms with Gasteiger partial charge in [0.1, 0.15) is 5.69 Å². The number of nitrogens with zero attached hydrogens (tertiary/aromatic N) is 2. The molecule has 0 aliphatic carbocycles. The summed E-state index contributed by atoms with van der Waals surface area (Å²) in [4.78, 5) is 15.2. The summed E-state index contributed by atoms with van der Waals surface area (Å²) in [5.41, 5.74) is 7.17. The highest BCUT2D eigenvalue weighted by Gasteiger charge is 2.47. The molecule has 2 aliphatic heterocycles. The molecule has 1 atom stereocenters. The van der Waals surface area contributed by atoms with Gasteiger partial charge in [-0.05, 0) is 47.7 Å². The Bertz CT molecular complexity index is 1130. The number of fused-ring (bicyclic) bond motifs is 8. The quantitative estimate of drug-likeness (QED) is 0.557. The fraction of sp³-hybridized carbons (Fsp3) is 0.238. The van der Waals surface area contributed by atoms with Gasteiger partial charge in [0.25, 0.3) is 5.91 Å². The lowest BCUT2D eigenvalue weighted by Gasteiger charge is -2.36. The number of halogens is 2. The third-order valence-corrected chi connectivity index (χ3v) is 6.04. The summed E-state index contributed by atoms with van der Waals surface area (Å²) in [6, 6.07) is 9.41. The van der Waals surface area contributed by atoms with E-state index < -0.39 is 0 Å². The topological polar surface area (TPSA) is 49.0 Å². The number of carbonyl (C=O) groups excluding carboxylic acids is 1. The van der Waals surface area contributed by atoms with Crippen LogP contribution in [0.15, 0.2) is 30.3 Å². The van der Waals surface area contributed by atoms with Crippen molar-refractivity contribution in [1.29, 1.82) is 0 Å². The predicted molar refractivity (Wildman–Crippen MR) is 108 cm³/mol. The maximum atomic E-state index is 13.4. The van der Waals surface area contributed by atoms with Crippen LogP contribution in [0.25, 0.3) is 11.1 Å². The summed E-state index contributed by atoms with van der Waals surface area (Å²) in [6.45, 7) is 6.18. The Morgan fingerprint density at radius 3 is 2.70 bits per heavy atom. The van der Waals surface area contributed by atoms with Crippen LogP contribution in [0.5, 0.6) is 0 Å². The van der Waals surface area contributed by atoms with Crippen molar-refractivity contribution in [2.45, 2.75) is 32.7 Å². The van der Waals surface area contributed by atoms with Gasteiger partial charge in [-0.25, -0.2) is 0 Å². The minimum Gasteiger partial charge on any atom is -0.294 e. The third-order valence-electron chi connectivity index (χ3n) is 5.49. The molecule has 3 heterocycles. The Morgan fingerprint density at radius 1 is 1.19 bits per heavy atom. The molecule has 0 saturated heterocycles. The summed E-state index contributed by atoms with van der Waals surface area (Å²) in [6.07, 6.45) is 0. The van der Waals surface area contributed by atoms with Crippen molar-refractivity contribution < 1.29 is 4.79 Å². The Hall–Kier alpha value is -2.30. The summed E-state index contributed by atoms with van der Waals surface area (Å²) >= 11 is 12.9. The van der Waals surface area contributed by atoms with Crippen molar-refractivity contribution in [2.24, 2.45) is 0 Å². The zero-order valence-corrected chi connectivity index (χ0v) is 16.6. The maximum Gasteiger partial charge on any atom is 0.277 e. The number of aromatic amines is 1. The minimum atomic E-state index is -0.222. The average molecular weight is 398 g/mol. The van der Waals surface area contributed by atoms with E-state index in [9.17, 15) is 4.79 Å². The van der Waals surface area contributed by atoms with Crippen LogP contribution in [0.1, 0.15) is 58.7 Å². The molecule has 4 nitrogen and oxygen atoms in total. The van der Waals surface area contributed by atoms with E-state index in [2.05, 4.69) is 24.0 Å². The summed E-state index contributed by atoms with van der Waals surface area (Å²) in [5, 5.41) is 8.68. The van der Waals surface area contributed by atoms with Crippen LogP contribution in [0.2, 0.25) is 10.0 Å². The van der Waals surface area contributed by atoms with Crippen LogP contribution in [0.4, 0.5) is 5.69 Å². The SMILES string of the molecule is Cc1ccc(Cl)c2c1N1C(=O)c3[nH]nc(C(C)C)c3C1c1ccc(Cl)cc1-2. The van der Waals surface area contributed by atoms with Crippen molar-refractivity contribution in [3.05, 3.63) is 68.5 Å². The van der Waals surface area contributed by atoms with E-state index in [1.165, 1.54) is 0 Å². The zero-order chi connectivity index (χ0) is 19.0. The Balaban J connectivity index is 1.91. The van der Waals surface area contributed by atoms with Crippen molar-refractivity contribution in [1.82, 2.24) is 10.2 Å².